The molecule has 0 aromatic heterocycles. The van der Waals surface area contributed by atoms with Crippen LogP contribution >= 0.6 is 0 Å². The van der Waals surface area contributed by atoms with E-state index in [0.717, 1.165) is 28.7 Å². The summed E-state index contributed by atoms with van der Waals surface area (Å²) in [6, 6.07) is 9.22. The summed E-state index contributed by atoms with van der Waals surface area (Å²) < 4.78 is 16.2. The summed E-state index contributed by atoms with van der Waals surface area (Å²) in [6.45, 7) is 0.449. The predicted molar refractivity (Wildman–Crippen MR) is 92.0 cm³/mol. The van der Waals surface area contributed by atoms with E-state index < -0.39 is 0 Å². The maximum atomic E-state index is 12.2. The van der Waals surface area contributed by atoms with Crippen LogP contribution in [0.15, 0.2) is 30.3 Å². The molecule has 1 N–H and O–H groups in total. The second-order valence-corrected chi connectivity index (χ2v) is 6.61. The fourth-order valence-electron chi connectivity index (χ4n) is 3.91. The molecule has 0 amide bonds. The number of ether oxygens (including phenoxy) is 3. The number of hydrogen-bond acceptors (Lipinski definition) is 5. The molecule has 1 saturated heterocycles. The van der Waals surface area contributed by atoms with E-state index >= 15 is 0 Å². The van der Waals surface area contributed by atoms with Crippen LogP contribution in [0.3, 0.4) is 0 Å². The van der Waals surface area contributed by atoms with Crippen molar-refractivity contribution in [1.82, 2.24) is 0 Å². The monoisotopic (exact) mass is 340 g/mol. The van der Waals surface area contributed by atoms with Gasteiger partial charge in [-0.2, -0.15) is 0 Å². The number of benzene rings is 2. The zero-order chi connectivity index (χ0) is 17.6. The topological polar surface area (TPSA) is 65.0 Å². The Hall–Kier alpha value is -2.69. The van der Waals surface area contributed by atoms with Crippen molar-refractivity contribution in [3.8, 4) is 28.4 Å². The third-order valence-corrected chi connectivity index (χ3v) is 5.23. The maximum Gasteiger partial charge on any atom is 0.309 e. The van der Waals surface area contributed by atoms with Crippen LogP contribution in [0.25, 0.3) is 11.1 Å². The van der Waals surface area contributed by atoms with Crippen LogP contribution in [-0.2, 0) is 22.4 Å². The third-order valence-electron chi connectivity index (χ3n) is 5.23. The Kier molecular flexibility index (Phi) is 3.79. The normalized spacial score (nSPS) is 21.3. The Morgan fingerprint density at radius 3 is 2.48 bits per heavy atom. The molecule has 2 aliphatic rings. The summed E-state index contributed by atoms with van der Waals surface area (Å²) in [4.78, 5) is 12.2. The van der Waals surface area contributed by atoms with Gasteiger partial charge in [-0.25, -0.2) is 0 Å². The Bertz CT molecular complexity index is 842. The lowest BCUT2D eigenvalue weighted by molar-refractivity contribution is -0.141. The van der Waals surface area contributed by atoms with Crippen LogP contribution in [-0.4, -0.2) is 31.9 Å². The number of phenolic OH excluding ortho intramolecular Hbond substituents is 1. The van der Waals surface area contributed by atoms with Crippen molar-refractivity contribution >= 4 is 5.97 Å². The van der Waals surface area contributed by atoms with Crippen LogP contribution in [0, 0.1) is 11.8 Å². The first-order chi connectivity index (χ1) is 12.1. The average molecular weight is 340 g/mol. The Morgan fingerprint density at radius 2 is 1.72 bits per heavy atom. The van der Waals surface area contributed by atoms with Gasteiger partial charge in [-0.15, -0.1) is 0 Å². The minimum absolute atomic E-state index is 0.132. The van der Waals surface area contributed by atoms with Crippen LogP contribution in [0.5, 0.6) is 17.2 Å². The van der Waals surface area contributed by atoms with Crippen LogP contribution < -0.4 is 9.47 Å². The van der Waals surface area contributed by atoms with Gasteiger partial charge in [0.25, 0.3) is 0 Å². The maximum absolute atomic E-state index is 12.2. The summed E-state index contributed by atoms with van der Waals surface area (Å²) in [5, 5.41) is 10.00. The average Bonchev–Trinajstić information content (AvgIpc) is 2.94. The van der Waals surface area contributed by atoms with E-state index in [1.165, 1.54) is 0 Å². The minimum Gasteiger partial charge on any atom is -0.508 e. The second-order valence-electron chi connectivity index (χ2n) is 6.61. The van der Waals surface area contributed by atoms with Gasteiger partial charge in [0.15, 0.2) is 11.5 Å². The standard InChI is InChI=1S/C20H20O5/c1-23-18-7-12-5-13-10-25-20(22)17(13)6-11-3-4-14(21)8-15(11)16(12)9-19(18)24-2/h3-4,7-9,13,17,21H,5-6,10H2,1-2H3/t13-,17-/m0/s1. The molecule has 0 bridgehead atoms. The number of hydrogen-bond donors (Lipinski definition) is 1. The van der Waals surface area contributed by atoms with Gasteiger partial charge in [0.2, 0.25) is 0 Å². The lowest BCUT2D eigenvalue weighted by Gasteiger charge is -2.25. The van der Waals surface area contributed by atoms with Crippen molar-refractivity contribution in [2.45, 2.75) is 12.8 Å². The van der Waals surface area contributed by atoms with Crippen molar-refractivity contribution in [3.63, 3.8) is 0 Å². The van der Waals surface area contributed by atoms with E-state index in [9.17, 15) is 9.90 Å². The first kappa shape index (κ1) is 15.8. The van der Waals surface area contributed by atoms with E-state index in [4.69, 9.17) is 14.2 Å². The molecule has 130 valence electrons. The highest BCUT2D eigenvalue weighted by Crippen LogP contribution is 2.43. The number of methoxy groups -OCH3 is 2. The molecule has 0 unspecified atom stereocenters. The summed E-state index contributed by atoms with van der Waals surface area (Å²) >= 11 is 0. The van der Waals surface area contributed by atoms with Gasteiger partial charge in [-0.05, 0) is 59.4 Å². The van der Waals surface area contributed by atoms with E-state index in [-0.39, 0.29) is 23.6 Å². The van der Waals surface area contributed by atoms with Gasteiger partial charge in [0.05, 0.1) is 26.7 Å². The van der Waals surface area contributed by atoms with Gasteiger partial charge in [-0.1, -0.05) is 6.07 Å². The summed E-state index contributed by atoms with van der Waals surface area (Å²) in [6.07, 6.45) is 1.34. The highest BCUT2D eigenvalue weighted by molar-refractivity contribution is 5.79. The Morgan fingerprint density at radius 1 is 1.00 bits per heavy atom. The molecule has 0 spiro atoms. The number of aromatic hydroxyl groups is 1. The highest BCUT2D eigenvalue weighted by Gasteiger charge is 2.39. The van der Waals surface area contributed by atoms with E-state index in [0.29, 0.717) is 24.5 Å². The molecule has 25 heavy (non-hydrogen) atoms. The molecule has 1 aliphatic carbocycles. The summed E-state index contributed by atoms with van der Waals surface area (Å²) in [5.41, 5.74) is 4.02. The number of fused-ring (bicyclic) bond motifs is 4. The molecule has 2 aromatic carbocycles. The molecule has 5 nitrogen and oxygen atoms in total. The number of cyclic esters (lactones) is 1. The summed E-state index contributed by atoms with van der Waals surface area (Å²) in [5.74, 6) is 1.37. The van der Waals surface area contributed by atoms with Crippen LogP contribution in [0.4, 0.5) is 0 Å². The molecule has 5 heteroatoms. The molecule has 2 atom stereocenters. The third kappa shape index (κ3) is 2.60. The molecule has 1 aliphatic heterocycles. The number of carbonyl (C=O) groups is 1. The van der Waals surface area contributed by atoms with Crippen LogP contribution in [0.1, 0.15) is 11.1 Å². The molecule has 1 fully saturated rings. The fraction of sp³-hybridized carbons (Fsp3) is 0.350. The number of carbonyl (C=O) groups excluding carboxylic acids is 1. The molecule has 4 rings (SSSR count). The van der Waals surface area contributed by atoms with E-state index in [1.807, 2.05) is 18.2 Å². The molecule has 0 saturated carbocycles. The first-order valence-corrected chi connectivity index (χ1v) is 8.34. The molecule has 1 heterocycles. The lowest BCUT2D eigenvalue weighted by atomic mass is 9.78. The first-order valence-electron chi connectivity index (χ1n) is 8.34. The lowest BCUT2D eigenvalue weighted by Crippen LogP contribution is -2.23. The summed E-state index contributed by atoms with van der Waals surface area (Å²) in [7, 11) is 3.22. The van der Waals surface area contributed by atoms with E-state index in [2.05, 4.69) is 0 Å². The second kappa shape index (κ2) is 5.99. The molecule has 2 aromatic rings. The Balaban J connectivity index is 1.95. The van der Waals surface area contributed by atoms with Gasteiger partial charge >= 0.3 is 5.97 Å². The van der Waals surface area contributed by atoms with E-state index in [1.54, 1.807) is 26.4 Å². The van der Waals surface area contributed by atoms with Gasteiger partial charge in [0, 0.05) is 5.92 Å². The zero-order valence-corrected chi connectivity index (χ0v) is 14.2. The van der Waals surface area contributed by atoms with Gasteiger partial charge in [-0.3, -0.25) is 4.79 Å². The highest BCUT2D eigenvalue weighted by atomic mass is 16.5. The smallest absolute Gasteiger partial charge is 0.309 e. The number of phenols is 1. The van der Waals surface area contributed by atoms with Crippen molar-refractivity contribution in [2.24, 2.45) is 11.8 Å². The van der Waals surface area contributed by atoms with Crippen molar-refractivity contribution in [2.75, 3.05) is 20.8 Å². The van der Waals surface area contributed by atoms with Gasteiger partial charge in [0.1, 0.15) is 5.75 Å². The molecular weight excluding hydrogens is 320 g/mol. The Labute approximate surface area is 146 Å². The molecular formula is C20H20O5. The predicted octanol–water partition coefficient (Wildman–Crippen LogP) is 2.96. The molecule has 0 radical (unpaired) electrons. The number of rotatable bonds is 2. The zero-order valence-electron chi connectivity index (χ0n) is 14.2. The fourth-order valence-corrected chi connectivity index (χ4v) is 3.91. The minimum atomic E-state index is -0.149. The largest absolute Gasteiger partial charge is 0.508 e. The van der Waals surface area contributed by atoms with Crippen molar-refractivity contribution < 1.29 is 24.1 Å². The van der Waals surface area contributed by atoms with Gasteiger partial charge < -0.3 is 19.3 Å². The van der Waals surface area contributed by atoms with Crippen molar-refractivity contribution in [3.05, 3.63) is 41.5 Å². The SMILES string of the molecule is COc1cc2c(cc1OC)-c1cc(O)ccc1C[C@@H]1C(=O)OC[C@@H]1C2. The van der Waals surface area contributed by atoms with Crippen LogP contribution in [0.2, 0.25) is 0 Å². The quantitative estimate of drug-likeness (QED) is 0.852. The van der Waals surface area contributed by atoms with Crippen molar-refractivity contribution in [1.29, 1.82) is 0 Å². The number of esters is 1.